The van der Waals surface area contributed by atoms with E-state index in [0.29, 0.717) is 0 Å². The Bertz CT molecular complexity index is 265. The summed E-state index contributed by atoms with van der Waals surface area (Å²) in [6.07, 6.45) is 29.1. The van der Waals surface area contributed by atoms with Gasteiger partial charge in [0.25, 0.3) is 0 Å². The van der Waals surface area contributed by atoms with E-state index in [4.69, 9.17) is 0 Å². The quantitative estimate of drug-likeness (QED) is 0.104. The van der Waals surface area contributed by atoms with E-state index in [1.165, 1.54) is 97.0 Å². The van der Waals surface area contributed by atoms with Gasteiger partial charge in [0.1, 0.15) is 0 Å². The van der Waals surface area contributed by atoms with Crippen LogP contribution in [0.1, 0.15) is 117 Å². The van der Waals surface area contributed by atoms with Gasteiger partial charge in [-0.1, -0.05) is 96.4 Å². The van der Waals surface area contributed by atoms with Crippen LogP contribution in [0, 0.1) is 0 Å². The van der Waals surface area contributed by atoms with Gasteiger partial charge in [-0.15, -0.1) is 0 Å². The summed E-state index contributed by atoms with van der Waals surface area (Å²) in [5.41, 5.74) is 0. The molecule has 0 radical (unpaired) electrons. The maximum absolute atomic E-state index is 4.64. The van der Waals surface area contributed by atoms with Crippen molar-refractivity contribution in [2.75, 3.05) is 13.7 Å². The summed E-state index contributed by atoms with van der Waals surface area (Å²) in [5, 5.41) is 0. The van der Waals surface area contributed by atoms with E-state index in [0.717, 1.165) is 13.0 Å². The zero-order valence-electron chi connectivity index (χ0n) is 18.4. The van der Waals surface area contributed by atoms with Crippen molar-refractivity contribution in [1.82, 2.24) is 0 Å². The van der Waals surface area contributed by atoms with E-state index >= 15 is 0 Å². The molecule has 0 amide bonds. The molecule has 0 aliphatic carbocycles. The van der Waals surface area contributed by atoms with Crippen LogP contribution in [0.2, 0.25) is 0 Å². The lowest BCUT2D eigenvalue weighted by Crippen LogP contribution is -1.91. The molecule has 0 aliphatic rings. The minimum Gasteiger partial charge on any atom is -0.240 e. The molecule has 2 heteroatoms. The van der Waals surface area contributed by atoms with E-state index in [2.05, 4.69) is 54.9 Å². The number of hydrogen-bond acceptors (Lipinski definition) is 2. The Kier molecular flexibility index (Phi) is 31.0. The van der Waals surface area contributed by atoms with Crippen molar-refractivity contribution >= 4 is 0 Å². The molecule has 0 heterocycles. The van der Waals surface area contributed by atoms with E-state index in [1.807, 2.05) is 0 Å². The first-order chi connectivity index (χ1) is 12.8. The Morgan fingerprint density at radius 2 is 1.04 bits per heavy atom. The van der Waals surface area contributed by atoms with Crippen LogP contribution in [0.15, 0.2) is 24.3 Å². The second kappa shape index (κ2) is 29.2. The highest BCUT2D eigenvalue weighted by Gasteiger charge is 1.90. The molecule has 0 spiro atoms. The van der Waals surface area contributed by atoms with Gasteiger partial charge in [0.05, 0.1) is 13.7 Å². The molecule has 0 aliphatic heterocycles. The molecule has 0 bridgehead atoms. The standard InChI is InChI=1S/C18H34.C6H14O2/c1-3-5-7-9-11-13-15-17-18-16-14-12-10-8-6-4-2;1-3-4-5-6-8-7-2/h5,7,10,12H,3-4,6,8-9,11,13-18H2,1-2H3;3-6H2,1-2H3/b7-5+,12-10-;. The van der Waals surface area contributed by atoms with Gasteiger partial charge < -0.3 is 0 Å². The first kappa shape index (κ1) is 27.6. The van der Waals surface area contributed by atoms with Gasteiger partial charge in [-0.05, 0) is 44.9 Å². The molecule has 0 aromatic heterocycles. The Balaban J connectivity index is 0. The van der Waals surface area contributed by atoms with Gasteiger partial charge in [0.15, 0.2) is 0 Å². The predicted octanol–water partition coefficient (Wildman–Crippen LogP) is 8.57. The van der Waals surface area contributed by atoms with Crippen molar-refractivity contribution in [2.45, 2.75) is 117 Å². The second-order valence-corrected chi connectivity index (χ2v) is 6.89. The Morgan fingerprint density at radius 1 is 0.538 bits per heavy atom. The minimum atomic E-state index is 0.727. The van der Waals surface area contributed by atoms with E-state index in [-0.39, 0.29) is 0 Å². The molecule has 0 unspecified atom stereocenters. The van der Waals surface area contributed by atoms with Gasteiger partial charge in [-0.2, -0.15) is 0 Å². The second-order valence-electron chi connectivity index (χ2n) is 6.89. The number of rotatable bonds is 18. The third kappa shape index (κ3) is 31.2. The molecule has 0 aromatic rings. The number of hydrogen-bond donors (Lipinski definition) is 0. The van der Waals surface area contributed by atoms with Crippen LogP contribution in [0.4, 0.5) is 0 Å². The molecule has 0 fully saturated rings. The lowest BCUT2D eigenvalue weighted by molar-refractivity contribution is -0.272. The van der Waals surface area contributed by atoms with Crippen LogP contribution >= 0.6 is 0 Å². The van der Waals surface area contributed by atoms with Crippen LogP contribution in [-0.2, 0) is 9.78 Å². The maximum atomic E-state index is 4.64. The van der Waals surface area contributed by atoms with Gasteiger partial charge in [0, 0.05) is 0 Å². The Labute approximate surface area is 165 Å². The van der Waals surface area contributed by atoms with Crippen LogP contribution in [0.3, 0.4) is 0 Å². The summed E-state index contributed by atoms with van der Waals surface area (Å²) in [5.74, 6) is 0. The van der Waals surface area contributed by atoms with Gasteiger partial charge >= 0.3 is 0 Å². The molecular formula is C24H48O2. The average Bonchev–Trinajstić information content (AvgIpc) is 2.66. The first-order valence-corrected chi connectivity index (χ1v) is 11.3. The fourth-order valence-corrected chi connectivity index (χ4v) is 2.57. The molecule has 0 N–H and O–H groups in total. The van der Waals surface area contributed by atoms with Crippen molar-refractivity contribution in [1.29, 1.82) is 0 Å². The molecule has 2 nitrogen and oxygen atoms in total. The van der Waals surface area contributed by atoms with E-state index in [9.17, 15) is 0 Å². The van der Waals surface area contributed by atoms with Crippen molar-refractivity contribution < 1.29 is 9.78 Å². The van der Waals surface area contributed by atoms with Gasteiger partial charge in [-0.3, -0.25) is 0 Å². The topological polar surface area (TPSA) is 18.5 Å². The third-order valence-electron chi connectivity index (χ3n) is 4.23. The molecule has 0 aromatic carbocycles. The monoisotopic (exact) mass is 368 g/mol. The summed E-state index contributed by atoms with van der Waals surface area (Å²) in [4.78, 5) is 9.02. The smallest absolute Gasteiger partial charge is 0.0822 e. The SMILES string of the molecule is CC/C=C/CCCCCCCC/C=C\CCCC.CCCCCOOC. The van der Waals surface area contributed by atoms with Crippen LogP contribution in [0.5, 0.6) is 0 Å². The molecule has 0 rings (SSSR count). The molecule has 156 valence electrons. The summed E-state index contributed by atoms with van der Waals surface area (Å²) >= 11 is 0. The fourth-order valence-electron chi connectivity index (χ4n) is 2.57. The molecule has 0 saturated carbocycles. The van der Waals surface area contributed by atoms with E-state index < -0.39 is 0 Å². The Morgan fingerprint density at radius 3 is 1.54 bits per heavy atom. The average molecular weight is 369 g/mol. The van der Waals surface area contributed by atoms with Crippen LogP contribution in [0.25, 0.3) is 0 Å². The summed E-state index contributed by atoms with van der Waals surface area (Å²) in [7, 11) is 1.53. The van der Waals surface area contributed by atoms with Crippen molar-refractivity contribution in [3.63, 3.8) is 0 Å². The highest BCUT2D eigenvalue weighted by molar-refractivity contribution is 4.81. The van der Waals surface area contributed by atoms with Crippen molar-refractivity contribution in [3.8, 4) is 0 Å². The number of allylic oxidation sites excluding steroid dienone is 4. The van der Waals surface area contributed by atoms with Crippen LogP contribution < -0.4 is 0 Å². The Hall–Kier alpha value is -0.600. The summed E-state index contributed by atoms with van der Waals surface area (Å²) in [6.45, 7) is 7.34. The van der Waals surface area contributed by atoms with Crippen molar-refractivity contribution in [2.24, 2.45) is 0 Å². The third-order valence-corrected chi connectivity index (χ3v) is 4.23. The summed E-state index contributed by atoms with van der Waals surface area (Å²) in [6, 6.07) is 0. The normalized spacial score (nSPS) is 11.2. The lowest BCUT2D eigenvalue weighted by atomic mass is 10.1. The summed E-state index contributed by atoms with van der Waals surface area (Å²) < 4.78 is 0. The predicted molar refractivity (Wildman–Crippen MR) is 118 cm³/mol. The highest BCUT2D eigenvalue weighted by Crippen LogP contribution is 2.09. The number of unbranched alkanes of at least 4 members (excludes halogenated alkanes) is 11. The molecular weight excluding hydrogens is 320 g/mol. The minimum absolute atomic E-state index is 0.727. The zero-order chi connectivity index (χ0) is 19.6. The highest BCUT2D eigenvalue weighted by atomic mass is 17.2. The van der Waals surface area contributed by atoms with Gasteiger partial charge in [0.2, 0.25) is 0 Å². The molecule has 0 saturated heterocycles. The maximum Gasteiger partial charge on any atom is 0.0822 e. The first-order valence-electron chi connectivity index (χ1n) is 11.3. The zero-order valence-corrected chi connectivity index (χ0v) is 18.4. The van der Waals surface area contributed by atoms with Crippen LogP contribution in [-0.4, -0.2) is 13.7 Å². The molecule has 0 atom stereocenters. The van der Waals surface area contributed by atoms with E-state index in [1.54, 1.807) is 0 Å². The molecule has 26 heavy (non-hydrogen) atoms. The fraction of sp³-hybridized carbons (Fsp3) is 0.833. The van der Waals surface area contributed by atoms with Crippen molar-refractivity contribution in [3.05, 3.63) is 24.3 Å². The van der Waals surface area contributed by atoms with Gasteiger partial charge in [-0.25, -0.2) is 9.78 Å². The lowest BCUT2D eigenvalue weighted by Gasteiger charge is -1.99. The largest absolute Gasteiger partial charge is 0.240 e.